The Morgan fingerprint density at radius 2 is 1.93 bits per heavy atom. The lowest BCUT2D eigenvalue weighted by molar-refractivity contribution is -0.144. The molecule has 7 heteroatoms. The predicted molar refractivity (Wildman–Crippen MR) is 110 cm³/mol. The smallest absolute Gasteiger partial charge is 0.233 e. The third-order valence-corrected chi connectivity index (χ3v) is 5.91. The average Bonchev–Trinajstić information content (AvgIpc) is 2.69. The van der Waals surface area contributed by atoms with Crippen molar-refractivity contribution in [3.05, 3.63) is 34.9 Å². The van der Waals surface area contributed by atoms with E-state index in [0.29, 0.717) is 44.2 Å². The van der Waals surface area contributed by atoms with Gasteiger partial charge in [-0.15, -0.1) is 12.4 Å². The fraction of sp³-hybridized carbons (Fsp3) is 0.650. The minimum absolute atomic E-state index is 0. The summed E-state index contributed by atoms with van der Waals surface area (Å²) in [4.78, 5) is 15.5. The minimum Gasteiger partial charge on any atom is -0.381 e. The summed E-state index contributed by atoms with van der Waals surface area (Å²) in [5.74, 6) is 0.189. The molecule has 27 heavy (non-hydrogen) atoms. The summed E-state index contributed by atoms with van der Waals surface area (Å²) in [5.41, 5.74) is 5.89. The standard InChI is InChI=1S/C20H29ClN2O3.ClH/c21-18-5-2-1-4-17(18)20(8-14-25-15-9-20)19(24)23-11-6-16(7-12-23)26-13-3-10-22;/h1-2,4-5,16H,3,6-15,22H2;1H. The van der Waals surface area contributed by atoms with Crippen molar-refractivity contribution in [3.8, 4) is 0 Å². The summed E-state index contributed by atoms with van der Waals surface area (Å²) in [6, 6.07) is 7.74. The fourth-order valence-electron chi connectivity index (χ4n) is 4.03. The van der Waals surface area contributed by atoms with Crippen molar-refractivity contribution < 1.29 is 14.3 Å². The Hall–Kier alpha value is -0.850. The maximum atomic E-state index is 13.5. The quantitative estimate of drug-likeness (QED) is 0.723. The number of piperidine rings is 1. The number of nitrogens with zero attached hydrogens (tertiary/aromatic N) is 1. The normalized spacial score (nSPS) is 20.1. The first kappa shape index (κ1) is 22.4. The predicted octanol–water partition coefficient (Wildman–Crippen LogP) is 3.17. The first-order valence-corrected chi connectivity index (χ1v) is 9.99. The van der Waals surface area contributed by atoms with Gasteiger partial charge in [0.15, 0.2) is 0 Å². The van der Waals surface area contributed by atoms with E-state index in [1.165, 1.54) is 0 Å². The van der Waals surface area contributed by atoms with Crippen molar-refractivity contribution in [3.63, 3.8) is 0 Å². The lowest BCUT2D eigenvalue weighted by Crippen LogP contribution is -2.52. The van der Waals surface area contributed by atoms with Crippen LogP contribution in [-0.4, -0.2) is 56.4 Å². The number of hydrogen-bond acceptors (Lipinski definition) is 4. The van der Waals surface area contributed by atoms with Gasteiger partial charge in [-0.05, 0) is 50.3 Å². The molecule has 152 valence electrons. The zero-order valence-corrected chi connectivity index (χ0v) is 17.3. The Morgan fingerprint density at radius 1 is 1.26 bits per heavy atom. The highest BCUT2D eigenvalue weighted by atomic mass is 35.5. The molecule has 0 aromatic heterocycles. The monoisotopic (exact) mass is 416 g/mol. The van der Waals surface area contributed by atoms with E-state index < -0.39 is 5.41 Å². The van der Waals surface area contributed by atoms with Crippen LogP contribution in [0.5, 0.6) is 0 Å². The molecule has 2 N–H and O–H groups in total. The van der Waals surface area contributed by atoms with Gasteiger partial charge < -0.3 is 20.1 Å². The number of likely N-dealkylation sites (tertiary alicyclic amines) is 1. The highest BCUT2D eigenvalue weighted by molar-refractivity contribution is 6.31. The SMILES string of the molecule is Cl.NCCCOC1CCN(C(=O)C2(c3ccccc3Cl)CCOCC2)CC1. The number of benzene rings is 1. The molecular formula is C20H30Cl2N2O3. The Kier molecular flexibility index (Phi) is 8.83. The van der Waals surface area contributed by atoms with E-state index in [4.69, 9.17) is 26.8 Å². The van der Waals surface area contributed by atoms with E-state index in [0.717, 1.165) is 37.9 Å². The molecule has 2 fully saturated rings. The molecule has 5 nitrogen and oxygen atoms in total. The molecule has 1 aromatic carbocycles. The Morgan fingerprint density at radius 3 is 2.56 bits per heavy atom. The van der Waals surface area contributed by atoms with E-state index >= 15 is 0 Å². The molecule has 1 aromatic rings. The second kappa shape index (κ2) is 10.6. The van der Waals surface area contributed by atoms with Gasteiger partial charge in [0.25, 0.3) is 0 Å². The molecule has 0 atom stereocenters. The lowest BCUT2D eigenvalue weighted by atomic mass is 9.72. The summed E-state index contributed by atoms with van der Waals surface area (Å²) in [6.07, 6.45) is 4.24. The summed E-state index contributed by atoms with van der Waals surface area (Å²) >= 11 is 6.48. The lowest BCUT2D eigenvalue weighted by Gasteiger charge is -2.42. The van der Waals surface area contributed by atoms with Crippen molar-refractivity contribution >= 4 is 29.9 Å². The highest BCUT2D eigenvalue weighted by Crippen LogP contribution is 2.40. The van der Waals surface area contributed by atoms with Crippen LogP contribution in [0.4, 0.5) is 0 Å². The van der Waals surface area contributed by atoms with Crippen molar-refractivity contribution in [2.75, 3.05) is 39.5 Å². The van der Waals surface area contributed by atoms with Gasteiger partial charge in [-0.3, -0.25) is 4.79 Å². The maximum absolute atomic E-state index is 13.5. The van der Waals surface area contributed by atoms with Crippen molar-refractivity contribution in [1.82, 2.24) is 4.90 Å². The molecule has 0 spiro atoms. The minimum atomic E-state index is -0.566. The van der Waals surface area contributed by atoms with Crippen LogP contribution in [-0.2, 0) is 19.7 Å². The molecule has 0 aliphatic carbocycles. The molecule has 2 saturated heterocycles. The van der Waals surface area contributed by atoms with E-state index in [1.807, 2.05) is 29.2 Å². The van der Waals surface area contributed by atoms with Crippen molar-refractivity contribution in [2.45, 2.75) is 43.6 Å². The van der Waals surface area contributed by atoms with Gasteiger partial charge in [-0.1, -0.05) is 29.8 Å². The van der Waals surface area contributed by atoms with E-state index in [2.05, 4.69) is 0 Å². The first-order chi connectivity index (χ1) is 12.7. The van der Waals surface area contributed by atoms with Gasteiger partial charge in [0.1, 0.15) is 0 Å². The Balaban J connectivity index is 0.00000261. The third-order valence-electron chi connectivity index (χ3n) is 5.58. The van der Waals surface area contributed by atoms with Gasteiger partial charge in [0, 0.05) is 37.9 Å². The Bertz CT molecular complexity index is 601. The largest absolute Gasteiger partial charge is 0.381 e. The van der Waals surface area contributed by atoms with E-state index in [1.54, 1.807) is 0 Å². The van der Waals surface area contributed by atoms with Gasteiger partial charge >= 0.3 is 0 Å². The molecular weight excluding hydrogens is 387 g/mol. The van der Waals surface area contributed by atoms with Gasteiger partial charge in [-0.25, -0.2) is 0 Å². The number of halogens is 2. The molecule has 2 heterocycles. The van der Waals surface area contributed by atoms with Crippen LogP contribution >= 0.6 is 24.0 Å². The molecule has 1 amide bonds. The van der Waals surface area contributed by atoms with E-state index in [9.17, 15) is 4.79 Å². The zero-order chi connectivity index (χ0) is 18.4. The summed E-state index contributed by atoms with van der Waals surface area (Å²) in [6.45, 7) is 4.01. The fourth-order valence-corrected chi connectivity index (χ4v) is 4.35. The molecule has 0 saturated carbocycles. The van der Waals surface area contributed by atoms with Crippen LogP contribution < -0.4 is 5.73 Å². The van der Waals surface area contributed by atoms with Crippen LogP contribution in [0.1, 0.15) is 37.7 Å². The van der Waals surface area contributed by atoms with Crippen molar-refractivity contribution in [1.29, 1.82) is 0 Å². The molecule has 0 bridgehead atoms. The number of nitrogens with two attached hydrogens (primary N) is 1. The average molecular weight is 417 g/mol. The summed E-state index contributed by atoms with van der Waals surface area (Å²) in [5, 5.41) is 0.669. The molecule has 0 unspecified atom stereocenters. The van der Waals surface area contributed by atoms with Crippen LogP contribution in [0.15, 0.2) is 24.3 Å². The number of amides is 1. The first-order valence-electron chi connectivity index (χ1n) is 9.61. The van der Waals surface area contributed by atoms with Gasteiger partial charge in [0.05, 0.1) is 11.5 Å². The highest BCUT2D eigenvalue weighted by Gasteiger charge is 2.45. The van der Waals surface area contributed by atoms with Crippen LogP contribution in [0.25, 0.3) is 0 Å². The second-order valence-corrected chi connectivity index (χ2v) is 7.59. The van der Waals surface area contributed by atoms with Crippen LogP contribution in [0.3, 0.4) is 0 Å². The topological polar surface area (TPSA) is 64.8 Å². The maximum Gasteiger partial charge on any atom is 0.233 e. The molecule has 3 rings (SSSR count). The molecule has 2 aliphatic rings. The van der Waals surface area contributed by atoms with Crippen molar-refractivity contribution in [2.24, 2.45) is 5.73 Å². The number of carbonyl (C=O) groups excluding carboxylic acids is 1. The zero-order valence-electron chi connectivity index (χ0n) is 15.7. The second-order valence-electron chi connectivity index (χ2n) is 7.18. The summed E-state index contributed by atoms with van der Waals surface area (Å²) in [7, 11) is 0. The van der Waals surface area contributed by atoms with Crippen LogP contribution in [0, 0.1) is 0 Å². The number of rotatable bonds is 6. The van der Waals surface area contributed by atoms with E-state index in [-0.39, 0.29) is 24.4 Å². The Labute approximate surface area is 172 Å². The molecule has 0 radical (unpaired) electrons. The summed E-state index contributed by atoms with van der Waals surface area (Å²) < 4.78 is 11.4. The number of hydrogen-bond donors (Lipinski definition) is 1. The van der Waals surface area contributed by atoms with Gasteiger partial charge in [0.2, 0.25) is 5.91 Å². The number of carbonyl (C=O) groups is 1. The third kappa shape index (κ3) is 5.15. The molecule has 2 aliphatic heterocycles. The number of ether oxygens (including phenoxy) is 2. The van der Waals surface area contributed by atoms with Crippen LogP contribution in [0.2, 0.25) is 5.02 Å². The van der Waals surface area contributed by atoms with Gasteiger partial charge in [-0.2, -0.15) is 0 Å².